The van der Waals surface area contributed by atoms with Gasteiger partial charge in [-0.2, -0.15) is 0 Å². The Labute approximate surface area is 254 Å². The molecule has 1 spiro atoms. The highest BCUT2D eigenvalue weighted by molar-refractivity contribution is 5.38. The molecule has 7 rings (SSSR count). The van der Waals surface area contributed by atoms with E-state index in [0.717, 1.165) is 90.4 Å². The van der Waals surface area contributed by atoms with Gasteiger partial charge in [-0.05, 0) is 106 Å². The molecule has 7 aliphatic rings. The molecule has 42 heavy (non-hydrogen) atoms. The molecule has 0 radical (unpaired) electrons. The maximum Gasteiger partial charge on any atom is 0.171 e. The summed E-state index contributed by atoms with van der Waals surface area (Å²) in [6, 6.07) is 0. The Morgan fingerprint density at radius 3 is 2.40 bits per heavy atom. The van der Waals surface area contributed by atoms with Crippen LogP contribution < -0.4 is 0 Å². The van der Waals surface area contributed by atoms with Crippen LogP contribution in [0.25, 0.3) is 0 Å². The van der Waals surface area contributed by atoms with Gasteiger partial charge in [0.05, 0.1) is 37.1 Å². The SMILES string of the molecule is CC1(C)COC2(CCC3=C4[C@@H](CC[C@@]3(O)C2)[C@@H]2CC[C@@](O)(CCCOC3CCCOC3)[C@@]2(C)C[C@@H]4C2CCCC2)OC1. The molecule has 0 amide bonds. The summed E-state index contributed by atoms with van der Waals surface area (Å²) in [6.45, 7) is 10.5. The van der Waals surface area contributed by atoms with Crippen LogP contribution in [0.5, 0.6) is 0 Å². The summed E-state index contributed by atoms with van der Waals surface area (Å²) in [7, 11) is 0. The molecule has 2 N–H and O–H groups in total. The van der Waals surface area contributed by atoms with Gasteiger partial charge < -0.3 is 29.2 Å². The van der Waals surface area contributed by atoms with Crippen LogP contribution >= 0.6 is 0 Å². The van der Waals surface area contributed by atoms with E-state index in [9.17, 15) is 10.2 Å². The third kappa shape index (κ3) is 5.16. The highest BCUT2D eigenvalue weighted by Crippen LogP contribution is 2.68. The van der Waals surface area contributed by atoms with E-state index in [0.29, 0.717) is 43.3 Å². The summed E-state index contributed by atoms with van der Waals surface area (Å²) in [5.74, 6) is 1.54. The Hall–Kier alpha value is -0.500. The molecule has 2 saturated heterocycles. The number of ether oxygens (including phenoxy) is 4. The largest absolute Gasteiger partial charge is 0.389 e. The summed E-state index contributed by atoms with van der Waals surface area (Å²) in [5, 5.41) is 24.9. The Morgan fingerprint density at radius 1 is 0.881 bits per heavy atom. The Balaban J connectivity index is 1.13. The van der Waals surface area contributed by atoms with Gasteiger partial charge in [-0.3, -0.25) is 0 Å². The fraction of sp³-hybridized carbons (Fsp3) is 0.944. The van der Waals surface area contributed by atoms with Crippen LogP contribution in [-0.4, -0.2) is 66.3 Å². The second kappa shape index (κ2) is 11.1. The minimum atomic E-state index is -0.814. The highest BCUT2D eigenvalue weighted by Gasteiger charge is 2.65. The summed E-state index contributed by atoms with van der Waals surface area (Å²) >= 11 is 0. The second-order valence-electron chi connectivity index (χ2n) is 16.7. The number of aliphatic hydroxyl groups is 2. The molecule has 0 aromatic rings. The predicted molar refractivity (Wildman–Crippen MR) is 162 cm³/mol. The molecule has 6 fully saturated rings. The molecule has 0 aromatic carbocycles. The third-order valence-corrected chi connectivity index (χ3v) is 13.4. The van der Waals surface area contributed by atoms with Gasteiger partial charge in [0.1, 0.15) is 0 Å². The van der Waals surface area contributed by atoms with Crippen LogP contribution in [0.1, 0.15) is 124 Å². The first-order valence-corrected chi connectivity index (χ1v) is 17.7. The normalized spacial score (nSPS) is 45.1. The van der Waals surface area contributed by atoms with Gasteiger partial charge in [0, 0.05) is 36.9 Å². The van der Waals surface area contributed by atoms with E-state index in [1.165, 1.54) is 31.3 Å². The average molecular weight is 587 g/mol. The van der Waals surface area contributed by atoms with E-state index in [2.05, 4.69) is 20.8 Å². The summed E-state index contributed by atoms with van der Waals surface area (Å²) in [5.41, 5.74) is 1.51. The first-order chi connectivity index (χ1) is 20.1. The number of allylic oxidation sites excluding steroid dienone is 1. The zero-order valence-corrected chi connectivity index (χ0v) is 26.8. The van der Waals surface area contributed by atoms with Crippen LogP contribution in [0.4, 0.5) is 0 Å². The van der Waals surface area contributed by atoms with Gasteiger partial charge in [-0.1, -0.05) is 39.2 Å². The van der Waals surface area contributed by atoms with Crippen molar-refractivity contribution in [1.82, 2.24) is 0 Å². The second-order valence-corrected chi connectivity index (χ2v) is 16.7. The minimum absolute atomic E-state index is 0.0291. The van der Waals surface area contributed by atoms with Crippen molar-refractivity contribution in [3.63, 3.8) is 0 Å². The van der Waals surface area contributed by atoms with E-state index in [-0.39, 0.29) is 16.9 Å². The molecule has 2 heterocycles. The Morgan fingerprint density at radius 2 is 1.67 bits per heavy atom. The van der Waals surface area contributed by atoms with Crippen molar-refractivity contribution in [3.8, 4) is 0 Å². The van der Waals surface area contributed by atoms with Gasteiger partial charge >= 0.3 is 0 Å². The molecule has 0 aromatic heterocycles. The fourth-order valence-electron chi connectivity index (χ4n) is 11.1. The van der Waals surface area contributed by atoms with Gasteiger partial charge in [0.2, 0.25) is 0 Å². The maximum absolute atomic E-state index is 12.4. The molecule has 2 aliphatic heterocycles. The van der Waals surface area contributed by atoms with Gasteiger partial charge in [-0.25, -0.2) is 0 Å². The van der Waals surface area contributed by atoms with E-state index in [1.807, 2.05) is 0 Å². The van der Waals surface area contributed by atoms with Crippen molar-refractivity contribution in [1.29, 1.82) is 0 Å². The zero-order valence-electron chi connectivity index (χ0n) is 26.8. The maximum atomic E-state index is 12.4. The highest BCUT2D eigenvalue weighted by atomic mass is 16.7. The fourth-order valence-corrected chi connectivity index (χ4v) is 11.1. The number of rotatable bonds is 6. The molecular weight excluding hydrogens is 528 g/mol. The predicted octanol–water partition coefficient (Wildman–Crippen LogP) is 6.71. The van der Waals surface area contributed by atoms with Crippen molar-refractivity contribution in [2.75, 3.05) is 33.0 Å². The Kier molecular flexibility index (Phi) is 7.96. The molecule has 0 bridgehead atoms. The van der Waals surface area contributed by atoms with Crippen LogP contribution in [0, 0.1) is 34.5 Å². The van der Waals surface area contributed by atoms with Crippen molar-refractivity contribution in [3.05, 3.63) is 11.1 Å². The van der Waals surface area contributed by atoms with E-state index in [4.69, 9.17) is 18.9 Å². The van der Waals surface area contributed by atoms with Crippen LogP contribution in [-0.2, 0) is 18.9 Å². The molecule has 1 unspecified atom stereocenters. The lowest BCUT2D eigenvalue weighted by atomic mass is 9.48. The van der Waals surface area contributed by atoms with Crippen molar-refractivity contribution in [2.24, 2.45) is 34.5 Å². The summed E-state index contributed by atoms with van der Waals surface area (Å²) in [4.78, 5) is 0. The standard InChI is InChI=1S/C36H58O6/c1-32(2)23-41-36(42-24-32)17-13-30-31-27(11-15-34(30,37)22-36)29-12-16-35(38,14-7-19-40-26-10-6-18-39-21-26)33(29,3)20-28(31)25-8-4-5-9-25/h25-29,37-38H,4-24H2,1-3H3/t26?,27-,28+,29-,33-,34+,35-/m0/s1. The number of hydrogen-bond donors (Lipinski definition) is 2. The van der Waals surface area contributed by atoms with Crippen LogP contribution in [0.2, 0.25) is 0 Å². The smallest absolute Gasteiger partial charge is 0.171 e. The first-order valence-electron chi connectivity index (χ1n) is 17.7. The van der Waals surface area contributed by atoms with E-state index < -0.39 is 17.0 Å². The first kappa shape index (κ1) is 30.2. The number of hydrogen-bond acceptors (Lipinski definition) is 6. The van der Waals surface area contributed by atoms with Crippen molar-refractivity contribution >= 4 is 0 Å². The topological polar surface area (TPSA) is 77.4 Å². The monoisotopic (exact) mass is 586 g/mol. The third-order valence-electron chi connectivity index (χ3n) is 13.4. The summed E-state index contributed by atoms with van der Waals surface area (Å²) < 4.78 is 24.7. The van der Waals surface area contributed by atoms with Crippen LogP contribution in [0.15, 0.2) is 11.1 Å². The molecule has 7 atom stereocenters. The van der Waals surface area contributed by atoms with Gasteiger partial charge in [0.25, 0.3) is 0 Å². The van der Waals surface area contributed by atoms with Gasteiger partial charge in [-0.15, -0.1) is 0 Å². The molecule has 6 heteroatoms. The molecule has 6 nitrogen and oxygen atoms in total. The lowest BCUT2D eigenvalue weighted by Crippen LogP contribution is -2.59. The van der Waals surface area contributed by atoms with Crippen molar-refractivity contribution < 1.29 is 29.2 Å². The molecule has 4 saturated carbocycles. The quantitative estimate of drug-likeness (QED) is 0.266. The lowest BCUT2D eigenvalue weighted by Gasteiger charge is -2.59. The van der Waals surface area contributed by atoms with Gasteiger partial charge in [0.15, 0.2) is 5.79 Å². The van der Waals surface area contributed by atoms with Crippen LogP contribution in [0.3, 0.4) is 0 Å². The molecular formula is C36H58O6. The molecule has 5 aliphatic carbocycles. The van der Waals surface area contributed by atoms with Crippen molar-refractivity contribution in [2.45, 2.75) is 147 Å². The minimum Gasteiger partial charge on any atom is -0.389 e. The average Bonchev–Trinajstić information content (AvgIpc) is 3.60. The van der Waals surface area contributed by atoms with E-state index in [1.54, 1.807) is 5.57 Å². The zero-order chi connectivity index (χ0) is 29.2. The van der Waals surface area contributed by atoms with E-state index >= 15 is 0 Å². The lowest BCUT2D eigenvalue weighted by molar-refractivity contribution is -0.322. The molecule has 238 valence electrons. The number of fused-ring (bicyclic) bond motifs is 4. The summed E-state index contributed by atoms with van der Waals surface area (Å²) in [6.07, 6.45) is 16.6. The Bertz CT molecular complexity index is 1020.